The van der Waals surface area contributed by atoms with E-state index in [1.54, 1.807) is 0 Å². The fraction of sp³-hybridized carbons (Fsp3) is 0.889. The third-order valence-electron chi connectivity index (χ3n) is 7.23. The van der Waals surface area contributed by atoms with Gasteiger partial charge in [-0.3, -0.25) is 28.0 Å². The third kappa shape index (κ3) is 18.7. The van der Waals surface area contributed by atoms with Crippen LogP contribution >= 0.6 is 23.5 Å². The molecule has 0 spiro atoms. The molecule has 0 radical (unpaired) electrons. The Morgan fingerprint density at radius 3 is 0.875 bits per heavy atom. The van der Waals surface area contributed by atoms with E-state index in [1.165, 1.54) is 0 Å². The van der Waals surface area contributed by atoms with E-state index in [9.17, 15) is 57.4 Å². The van der Waals surface area contributed by atoms with Gasteiger partial charge in [0.05, 0.1) is 0 Å². The molecule has 2 unspecified atom stereocenters. The molecule has 0 bridgehead atoms. The molecule has 1 fully saturated rings. The van der Waals surface area contributed by atoms with E-state index in [0.29, 0.717) is 38.5 Å². The third-order valence-corrected chi connectivity index (χ3v) is 8.78. The van der Waals surface area contributed by atoms with Crippen molar-refractivity contribution in [2.45, 2.75) is 154 Å². The number of carbonyl (C=O) groups excluding carboxylic acids is 3. The molecule has 0 aromatic heterocycles. The summed E-state index contributed by atoms with van der Waals surface area (Å²) in [5.41, 5.74) is 0. The Bertz CT molecular complexity index is 1070. The van der Waals surface area contributed by atoms with Crippen LogP contribution in [0.5, 0.6) is 0 Å². The highest BCUT2D eigenvalue weighted by molar-refractivity contribution is 7.47. The molecular weight excluding hydrogens is 705 g/mol. The summed E-state index contributed by atoms with van der Waals surface area (Å²) in [5.74, 6) is -3.02. The molecule has 0 aliphatic heterocycles. The van der Waals surface area contributed by atoms with Crippen LogP contribution in [0.2, 0.25) is 0 Å². The second-order valence-corrected chi connectivity index (χ2v) is 15.1. The lowest BCUT2D eigenvalue weighted by atomic mass is 9.84. The molecule has 21 heteroatoms. The largest absolute Gasteiger partial charge is 0.470 e. The summed E-state index contributed by atoms with van der Waals surface area (Å²) in [6.45, 7) is 5.78. The monoisotopic (exact) mass is 756 g/mol. The zero-order valence-corrected chi connectivity index (χ0v) is 30.2. The minimum Gasteiger partial charge on any atom is -0.455 e. The Labute approximate surface area is 280 Å². The van der Waals surface area contributed by atoms with Gasteiger partial charge in [0.1, 0.15) is 18.3 Å². The number of phosphoric ester groups is 3. The molecule has 6 N–H and O–H groups in total. The van der Waals surface area contributed by atoms with E-state index >= 15 is 0 Å². The van der Waals surface area contributed by atoms with Gasteiger partial charge in [-0.2, -0.15) is 0 Å². The Morgan fingerprint density at radius 1 is 0.417 bits per heavy atom. The Morgan fingerprint density at radius 2 is 0.646 bits per heavy atom. The fourth-order valence-electron chi connectivity index (χ4n) is 5.08. The maximum atomic E-state index is 13.1. The number of unbranched alkanes of at least 4 members (excludes halogenated alkanes) is 9. The van der Waals surface area contributed by atoms with E-state index in [4.69, 9.17) is 27.8 Å². The average molecular weight is 757 g/mol. The summed E-state index contributed by atoms with van der Waals surface area (Å²) in [4.78, 5) is 97.6. The van der Waals surface area contributed by atoms with Gasteiger partial charge in [0, 0.05) is 19.3 Å². The Balaban J connectivity index is 3.83. The van der Waals surface area contributed by atoms with Crippen LogP contribution in [-0.2, 0) is 55.9 Å². The first-order valence-corrected chi connectivity index (χ1v) is 20.7. The van der Waals surface area contributed by atoms with Crippen molar-refractivity contribution in [3.8, 4) is 0 Å². The van der Waals surface area contributed by atoms with Crippen molar-refractivity contribution in [3.05, 3.63) is 0 Å². The van der Waals surface area contributed by atoms with Gasteiger partial charge in [0.25, 0.3) is 0 Å². The summed E-state index contributed by atoms with van der Waals surface area (Å²) in [5, 5.41) is 0. The van der Waals surface area contributed by atoms with Gasteiger partial charge in [-0.1, -0.05) is 78.6 Å². The van der Waals surface area contributed by atoms with Crippen LogP contribution in [0, 0.1) is 0 Å². The molecule has 0 aromatic rings. The summed E-state index contributed by atoms with van der Waals surface area (Å²) >= 11 is 0. The summed E-state index contributed by atoms with van der Waals surface area (Å²) in [7, 11) is -17.1. The van der Waals surface area contributed by atoms with Crippen LogP contribution in [0.15, 0.2) is 0 Å². The molecule has 6 atom stereocenters. The van der Waals surface area contributed by atoms with Gasteiger partial charge in [0.15, 0.2) is 18.3 Å². The zero-order valence-electron chi connectivity index (χ0n) is 27.5. The molecular formula is C27H51O18P3. The van der Waals surface area contributed by atoms with Gasteiger partial charge in [-0.15, -0.1) is 0 Å². The molecule has 18 nitrogen and oxygen atoms in total. The fourth-order valence-corrected chi connectivity index (χ4v) is 6.75. The molecule has 0 amide bonds. The highest BCUT2D eigenvalue weighted by atomic mass is 31.2. The number of ether oxygens (including phenoxy) is 3. The van der Waals surface area contributed by atoms with Gasteiger partial charge in [-0.05, 0) is 19.3 Å². The van der Waals surface area contributed by atoms with E-state index in [1.807, 2.05) is 20.8 Å². The number of phosphoric acid groups is 3. The predicted molar refractivity (Wildman–Crippen MR) is 167 cm³/mol. The summed E-state index contributed by atoms with van der Waals surface area (Å²) < 4.78 is 67.1. The van der Waals surface area contributed by atoms with Gasteiger partial charge in [0.2, 0.25) is 0 Å². The summed E-state index contributed by atoms with van der Waals surface area (Å²) in [6.07, 6.45) is -7.35. The van der Waals surface area contributed by atoms with Crippen LogP contribution in [0.1, 0.15) is 117 Å². The average Bonchev–Trinajstić information content (AvgIpc) is 2.95. The molecule has 1 aliphatic rings. The number of hydrogen-bond donors (Lipinski definition) is 6. The van der Waals surface area contributed by atoms with Gasteiger partial charge < -0.3 is 43.6 Å². The quantitative estimate of drug-likeness (QED) is 0.0350. The van der Waals surface area contributed by atoms with Crippen LogP contribution in [0.3, 0.4) is 0 Å². The SMILES string of the molecule is CCCCCCC(=O)OC1[C@@H](OC(=O)CCCCCC)[C@@H](OP(=O)(O)O)C(OP(=O)(O)O)[C@H](OP(=O)(O)O)[C@H]1OC(=O)CCCCCC. The predicted octanol–water partition coefficient (Wildman–Crippen LogP) is 4.08. The van der Waals surface area contributed by atoms with E-state index in [-0.39, 0.29) is 19.3 Å². The topological polar surface area (TPSA) is 279 Å². The van der Waals surface area contributed by atoms with Crippen LogP contribution in [0.25, 0.3) is 0 Å². The maximum absolute atomic E-state index is 13.1. The normalized spacial score (nSPS) is 23.4. The molecule has 48 heavy (non-hydrogen) atoms. The molecule has 1 saturated carbocycles. The van der Waals surface area contributed by atoms with Crippen molar-refractivity contribution >= 4 is 41.4 Å². The standard InChI is InChI=1S/C27H51O18P3/c1-4-7-10-13-16-19(28)40-22-23(41-20(29)17-14-11-8-5-2)25(43-46(31,32)33)27(45-48(37,38)39)26(44-47(34,35)36)24(22)42-21(30)18-15-12-9-6-3/h22-27H,4-18H2,1-3H3,(H2,31,32,33)(H2,34,35,36)(H2,37,38,39)/t22?,23-,24+,25-,26-,27?/m1/s1. The van der Waals surface area contributed by atoms with E-state index in [2.05, 4.69) is 0 Å². The maximum Gasteiger partial charge on any atom is 0.470 e. The molecule has 282 valence electrons. The van der Waals surface area contributed by atoms with Crippen molar-refractivity contribution in [3.63, 3.8) is 0 Å². The van der Waals surface area contributed by atoms with E-state index in [0.717, 1.165) is 38.5 Å². The second kappa shape index (κ2) is 21.8. The highest BCUT2D eigenvalue weighted by Gasteiger charge is 2.62. The number of hydrogen-bond acceptors (Lipinski definition) is 12. The minimum absolute atomic E-state index is 0.234. The zero-order chi connectivity index (χ0) is 36.5. The molecule has 1 aliphatic carbocycles. The smallest absolute Gasteiger partial charge is 0.455 e. The van der Waals surface area contributed by atoms with Crippen molar-refractivity contribution in [1.82, 2.24) is 0 Å². The first-order valence-electron chi connectivity index (χ1n) is 16.1. The molecule has 1 rings (SSSR count). The Hall–Kier alpha value is -1.26. The van der Waals surface area contributed by atoms with Crippen LogP contribution in [-0.4, -0.2) is 83.9 Å². The minimum atomic E-state index is -5.74. The molecule has 0 aromatic carbocycles. The van der Waals surface area contributed by atoms with Crippen molar-refractivity contribution in [2.24, 2.45) is 0 Å². The van der Waals surface area contributed by atoms with Crippen molar-refractivity contribution in [1.29, 1.82) is 0 Å². The lowest BCUT2D eigenvalue weighted by Crippen LogP contribution is -2.67. The number of esters is 3. The summed E-state index contributed by atoms with van der Waals surface area (Å²) in [6, 6.07) is 0. The number of carbonyl (C=O) groups is 3. The number of rotatable bonds is 24. The first kappa shape index (κ1) is 44.8. The lowest BCUT2D eigenvalue weighted by Gasteiger charge is -2.47. The van der Waals surface area contributed by atoms with Crippen molar-refractivity contribution < 1.29 is 85.2 Å². The van der Waals surface area contributed by atoms with E-state index < -0.39 is 78.0 Å². The van der Waals surface area contributed by atoms with Gasteiger partial charge >= 0.3 is 41.4 Å². The Kier molecular flexibility index (Phi) is 20.4. The van der Waals surface area contributed by atoms with Crippen LogP contribution < -0.4 is 0 Å². The second-order valence-electron chi connectivity index (χ2n) is 11.5. The highest BCUT2D eigenvalue weighted by Crippen LogP contribution is 2.51. The first-order chi connectivity index (χ1) is 22.3. The van der Waals surface area contributed by atoms with Crippen molar-refractivity contribution in [2.75, 3.05) is 0 Å². The van der Waals surface area contributed by atoms with Gasteiger partial charge in [-0.25, -0.2) is 13.7 Å². The molecule has 0 saturated heterocycles. The lowest BCUT2D eigenvalue weighted by molar-refractivity contribution is -0.241. The molecule has 0 heterocycles. The van der Waals surface area contributed by atoms with Crippen LogP contribution in [0.4, 0.5) is 0 Å².